The van der Waals surface area contributed by atoms with Crippen molar-refractivity contribution in [1.82, 2.24) is 0 Å². The minimum Gasteiger partial charge on any atom is -0.462 e. The number of carbonyl (C=O) groups excluding carboxylic acids is 2. The van der Waals surface area contributed by atoms with E-state index in [-0.39, 0.29) is 31.6 Å². The van der Waals surface area contributed by atoms with E-state index in [0.717, 1.165) is 109 Å². The third kappa shape index (κ3) is 52.3. The zero-order chi connectivity index (χ0) is 47.0. The first-order valence-corrected chi connectivity index (χ1v) is 25.9. The van der Waals surface area contributed by atoms with Crippen molar-refractivity contribution >= 4 is 11.9 Å². The van der Waals surface area contributed by atoms with Crippen LogP contribution >= 0.6 is 0 Å². The second kappa shape index (κ2) is 54.1. The molecule has 65 heavy (non-hydrogen) atoms. The molecule has 0 aromatic rings. The van der Waals surface area contributed by atoms with E-state index in [0.29, 0.717) is 12.8 Å². The maximum absolute atomic E-state index is 12.3. The molecule has 0 aromatic carbocycles. The average molecular weight is 895 g/mol. The van der Waals surface area contributed by atoms with Crippen LogP contribution in [0.4, 0.5) is 0 Å². The topological polar surface area (TPSA) is 72.8 Å². The molecule has 0 bridgehead atoms. The van der Waals surface area contributed by atoms with Crippen molar-refractivity contribution in [2.24, 2.45) is 0 Å². The van der Waals surface area contributed by atoms with Crippen LogP contribution in [0.5, 0.6) is 0 Å². The SMILES string of the molecule is CC/C=C\C/C=C\C/C=C\C/C=C\C/C=C\C/C=C\C/C=C\C/C=C\C/C=C\C/C=C\CCCCC(=O)OC(CO)COC(=O)CCCCCCCCC/C=C\C/C=C\CCCCCC. The Bertz CT molecular complexity index is 1430. The second-order valence-corrected chi connectivity index (χ2v) is 16.5. The number of carbonyl (C=O) groups is 2. The zero-order valence-corrected chi connectivity index (χ0v) is 41.4. The molecule has 0 spiro atoms. The Kier molecular flexibility index (Phi) is 50.6. The molecule has 0 saturated carbocycles. The van der Waals surface area contributed by atoms with Gasteiger partial charge in [-0.25, -0.2) is 0 Å². The minimum atomic E-state index is -0.810. The molecular formula is C60H94O5. The van der Waals surface area contributed by atoms with E-state index < -0.39 is 6.10 Å². The maximum Gasteiger partial charge on any atom is 0.306 e. The maximum atomic E-state index is 12.3. The minimum absolute atomic E-state index is 0.0975. The number of allylic oxidation sites excluding steroid dienone is 24. The lowest BCUT2D eigenvalue weighted by Gasteiger charge is -2.15. The summed E-state index contributed by atoms with van der Waals surface area (Å²) in [6, 6.07) is 0. The van der Waals surface area contributed by atoms with Crippen LogP contribution in [0.25, 0.3) is 0 Å². The quantitative estimate of drug-likeness (QED) is 0.0375. The van der Waals surface area contributed by atoms with Gasteiger partial charge in [0, 0.05) is 12.8 Å². The molecule has 1 N–H and O–H groups in total. The summed E-state index contributed by atoms with van der Waals surface area (Å²) in [7, 11) is 0. The van der Waals surface area contributed by atoms with Gasteiger partial charge in [0.05, 0.1) is 6.61 Å². The van der Waals surface area contributed by atoms with Crippen molar-refractivity contribution in [2.75, 3.05) is 13.2 Å². The summed E-state index contributed by atoms with van der Waals surface area (Å²) in [5, 5.41) is 9.62. The van der Waals surface area contributed by atoms with E-state index in [2.05, 4.69) is 160 Å². The molecule has 0 amide bonds. The van der Waals surface area contributed by atoms with Crippen molar-refractivity contribution < 1.29 is 24.2 Å². The van der Waals surface area contributed by atoms with Gasteiger partial charge in [0.15, 0.2) is 6.10 Å². The molecule has 0 heterocycles. The van der Waals surface area contributed by atoms with E-state index in [9.17, 15) is 14.7 Å². The van der Waals surface area contributed by atoms with Gasteiger partial charge in [-0.05, 0) is 122 Å². The summed E-state index contributed by atoms with van der Waals surface area (Å²) in [4.78, 5) is 24.4. The highest BCUT2D eigenvalue weighted by molar-refractivity contribution is 5.70. The Morgan fingerprint density at radius 1 is 0.369 bits per heavy atom. The number of hydrogen-bond donors (Lipinski definition) is 1. The van der Waals surface area contributed by atoms with Crippen LogP contribution in [-0.2, 0) is 19.1 Å². The Morgan fingerprint density at radius 3 is 1.03 bits per heavy atom. The molecule has 1 unspecified atom stereocenters. The first-order chi connectivity index (χ1) is 32.1. The van der Waals surface area contributed by atoms with Gasteiger partial charge in [0.1, 0.15) is 6.61 Å². The molecule has 0 aromatic heterocycles. The molecule has 0 aliphatic heterocycles. The summed E-state index contributed by atoms with van der Waals surface area (Å²) in [5.41, 5.74) is 0. The molecule has 0 rings (SSSR count). The first kappa shape index (κ1) is 60.8. The number of hydrogen-bond acceptors (Lipinski definition) is 5. The van der Waals surface area contributed by atoms with Crippen molar-refractivity contribution in [2.45, 2.75) is 206 Å². The summed E-state index contributed by atoms with van der Waals surface area (Å²) < 4.78 is 10.6. The van der Waals surface area contributed by atoms with Gasteiger partial charge in [-0.15, -0.1) is 0 Å². The summed E-state index contributed by atoms with van der Waals surface area (Å²) in [6.07, 6.45) is 82.2. The first-order valence-electron chi connectivity index (χ1n) is 25.9. The van der Waals surface area contributed by atoms with Crippen LogP contribution in [0.2, 0.25) is 0 Å². The molecule has 0 aliphatic carbocycles. The molecule has 1 atom stereocenters. The van der Waals surface area contributed by atoms with Gasteiger partial charge in [-0.1, -0.05) is 211 Å². The van der Waals surface area contributed by atoms with Gasteiger partial charge >= 0.3 is 11.9 Å². The predicted molar refractivity (Wildman–Crippen MR) is 283 cm³/mol. The lowest BCUT2D eigenvalue weighted by Crippen LogP contribution is -2.28. The van der Waals surface area contributed by atoms with Crippen LogP contribution in [-0.4, -0.2) is 36.4 Å². The molecule has 364 valence electrons. The lowest BCUT2D eigenvalue weighted by molar-refractivity contribution is -0.161. The van der Waals surface area contributed by atoms with Crippen LogP contribution in [0.1, 0.15) is 200 Å². The lowest BCUT2D eigenvalue weighted by atomic mass is 10.1. The molecule has 5 nitrogen and oxygen atoms in total. The van der Waals surface area contributed by atoms with Crippen LogP contribution in [0.15, 0.2) is 146 Å². The van der Waals surface area contributed by atoms with E-state index in [1.54, 1.807) is 0 Å². The number of unbranched alkanes of at least 4 members (excludes halogenated alkanes) is 13. The van der Waals surface area contributed by atoms with E-state index in [4.69, 9.17) is 9.47 Å². The fraction of sp³-hybridized carbons (Fsp3) is 0.567. The van der Waals surface area contributed by atoms with E-state index >= 15 is 0 Å². The predicted octanol–water partition coefficient (Wildman–Crippen LogP) is 17.5. The third-order valence-corrected chi connectivity index (χ3v) is 10.4. The Labute approximate surface area is 399 Å². The average Bonchev–Trinajstić information content (AvgIpc) is 3.31. The summed E-state index contributed by atoms with van der Waals surface area (Å²) in [6.45, 7) is 3.95. The monoisotopic (exact) mass is 895 g/mol. The smallest absolute Gasteiger partial charge is 0.306 e. The van der Waals surface area contributed by atoms with Crippen molar-refractivity contribution in [3.05, 3.63) is 146 Å². The molecule has 0 radical (unpaired) electrons. The second-order valence-electron chi connectivity index (χ2n) is 16.5. The molecule has 5 heteroatoms. The van der Waals surface area contributed by atoms with Gasteiger partial charge in [0.2, 0.25) is 0 Å². The van der Waals surface area contributed by atoms with Crippen LogP contribution < -0.4 is 0 Å². The Morgan fingerprint density at radius 2 is 0.662 bits per heavy atom. The normalized spacial score (nSPS) is 13.5. The van der Waals surface area contributed by atoms with E-state index in [1.165, 1.54) is 57.8 Å². The van der Waals surface area contributed by atoms with Crippen molar-refractivity contribution in [1.29, 1.82) is 0 Å². The number of aliphatic hydroxyl groups excluding tert-OH is 1. The molecular weight excluding hydrogens is 801 g/mol. The van der Waals surface area contributed by atoms with Gasteiger partial charge < -0.3 is 14.6 Å². The summed E-state index contributed by atoms with van der Waals surface area (Å²) >= 11 is 0. The number of esters is 2. The van der Waals surface area contributed by atoms with Crippen molar-refractivity contribution in [3.8, 4) is 0 Å². The Hall–Kier alpha value is -4.22. The van der Waals surface area contributed by atoms with Crippen molar-refractivity contribution in [3.63, 3.8) is 0 Å². The van der Waals surface area contributed by atoms with Gasteiger partial charge in [-0.2, -0.15) is 0 Å². The fourth-order valence-corrected chi connectivity index (χ4v) is 6.49. The largest absolute Gasteiger partial charge is 0.462 e. The van der Waals surface area contributed by atoms with Crippen LogP contribution in [0.3, 0.4) is 0 Å². The van der Waals surface area contributed by atoms with Gasteiger partial charge in [-0.3, -0.25) is 9.59 Å². The number of aliphatic hydroxyl groups is 1. The highest BCUT2D eigenvalue weighted by atomic mass is 16.6. The standard InChI is InChI=1S/C60H94O5/c1-3-5-7-9-11-13-15-17-19-21-23-24-25-26-27-28-29-30-31-32-33-34-35-36-37-39-41-43-45-47-49-51-53-55-60(63)65-58(56-61)57-64-59(62)54-52-50-48-46-44-42-40-38-22-20-18-16-14-12-10-8-6-4-2/h5,7,11,13-14,16-17,19-20,22-24,26-27,29-30,32-33,35-36,39,41,45,47,58,61H,3-4,6,8-10,12,15,18,21,25,28,31,34,37-38,40,42-44,46,48-57H2,1-2H3/b7-5-,13-11-,16-14-,19-17-,22-20-,24-23-,27-26-,30-29-,33-32-,36-35-,41-39-,47-45-. The Balaban J connectivity index is 3.71. The molecule has 0 fully saturated rings. The third-order valence-electron chi connectivity index (χ3n) is 10.4. The highest BCUT2D eigenvalue weighted by Crippen LogP contribution is 2.12. The fourth-order valence-electron chi connectivity index (χ4n) is 6.49. The number of rotatable bonds is 45. The van der Waals surface area contributed by atoms with Crippen LogP contribution in [0, 0.1) is 0 Å². The molecule has 0 aliphatic rings. The molecule has 0 saturated heterocycles. The van der Waals surface area contributed by atoms with E-state index in [1.807, 2.05) is 0 Å². The van der Waals surface area contributed by atoms with Gasteiger partial charge in [0.25, 0.3) is 0 Å². The summed E-state index contributed by atoms with van der Waals surface area (Å²) in [5.74, 6) is -0.663. The zero-order valence-electron chi connectivity index (χ0n) is 41.4. The number of ether oxygens (including phenoxy) is 2. The highest BCUT2D eigenvalue weighted by Gasteiger charge is 2.16.